The second-order valence-corrected chi connectivity index (χ2v) is 5.67. The van der Waals surface area contributed by atoms with Crippen molar-refractivity contribution in [3.05, 3.63) is 27.2 Å². The Labute approximate surface area is 106 Å². The van der Waals surface area contributed by atoms with Gasteiger partial charge in [-0.25, -0.2) is 9.97 Å². The zero-order valence-electron chi connectivity index (χ0n) is 8.53. The highest BCUT2D eigenvalue weighted by Crippen LogP contribution is 2.31. The Bertz CT molecular complexity index is 550. The van der Waals surface area contributed by atoms with Crippen LogP contribution >= 0.6 is 27.3 Å². The zero-order chi connectivity index (χ0) is 11.1. The number of nitrogens with two attached hydrogens (primary N) is 1. The molecule has 1 aliphatic rings. The Balaban J connectivity index is 2.12. The van der Waals surface area contributed by atoms with E-state index < -0.39 is 0 Å². The molecule has 0 amide bonds. The molecule has 2 aromatic rings. The molecule has 0 fully saturated rings. The van der Waals surface area contributed by atoms with Gasteiger partial charge in [-0.3, -0.25) is 0 Å². The number of anilines is 1. The SMILES string of the molecule is Nc1nc(-c2cc(Br)cs2)nc2c1CCC2. The molecular weight excluding hydrogens is 286 g/mol. The predicted octanol–water partition coefficient (Wildman–Crippen LogP) is 3.04. The number of aryl methyl sites for hydroxylation is 1. The molecule has 3 nitrogen and oxygen atoms in total. The Morgan fingerprint density at radius 1 is 1.31 bits per heavy atom. The van der Waals surface area contributed by atoms with Gasteiger partial charge in [0.15, 0.2) is 5.82 Å². The van der Waals surface area contributed by atoms with E-state index in [9.17, 15) is 0 Å². The third-order valence-corrected chi connectivity index (χ3v) is 4.44. The minimum absolute atomic E-state index is 0.655. The number of hydrogen-bond acceptors (Lipinski definition) is 4. The molecule has 1 aliphatic carbocycles. The molecule has 0 aliphatic heterocycles. The highest BCUT2D eigenvalue weighted by Gasteiger charge is 2.18. The molecule has 0 saturated heterocycles. The largest absolute Gasteiger partial charge is 0.383 e. The smallest absolute Gasteiger partial charge is 0.171 e. The highest BCUT2D eigenvalue weighted by atomic mass is 79.9. The van der Waals surface area contributed by atoms with Crippen LogP contribution in [0.25, 0.3) is 10.7 Å². The van der Waals surface area contributed by atoms with Gasteiger partial charge in [0.2, 0.25) is 0 Å². The van der Waals surface area contributed by atoms with Crippen LogP contribution in [0.15, 0.2) is 15.9 Å². The van der Waals surface area contributed by atoms with Gasteiger partial charge < -0.3 is 5.73 Å². The molecule has 0 unspecified atom stereocenters. The van der Waals surface area contributed by atoms with Gasteiger partial charge in [-0.05, 0) is 41.3 Å². The summed E-state index contributed by atoms with van der Waals surface area (Å²) in [5.74, 6) is 1.41. The monoisotopic (exact) mass is 295 g/mol. The number of aromatic nitrogens is 2. The van der Waals surface area contributed by atoms with Crippen molar-refractivity contribution in [3.8, 4) is 10.7 Å². The highest BCUT2D eigenvalue weighted by molar-refractivity contribution is 9.10. The van der Waals surface area contributed by atoms with Crippen LogP contribution in [0.3, 0.4) is 0 Å². The first-order chi connectivity index (χ1) is 7.74. The summed E-state index contributed by atoms with van der Waals surface area (Å²) < 4.78 is 1.06. The zero-order valence-corrected chi connectivity index (χ0v) is 10.9. The molecule has 2 heterocycles. The van der Waals surface area contributed by atoms with E-state index in [0.717, 1.165) is 45.7 Å². The third-order valence-electron chi connectivity index (χ3n) is 2.75. The summed E-state index contributed by atoms with van der Waals surface area (Å²) in [6, 6.07) is 2.03. The van der Waals surface area contributed by atoms with E-state index in [2.05, 4.69) is 25.9 Å². The lowest BCUT2D eigenvalue weighted by molar-refractivity contribution is 0.900. The number of fused-ring (bicyclic) bond motifs is 1. The molecule has 5 heteroatoms. The lowest BCUT2D eigenvalue weighted by Gasteiger charge is -2.04. The fourth-order valence-corrected chi connectivity index (χ4v) is 3.36. The Kier molecular flexibility index (Phi) is 2.44. The molecule has 16 heavy (non-hydrogen) atoms. The van der Waals surface area contributed by atoms with Gasteiger partial charge in [0.05, 0.1) is 4.88 Å². The summed E-state index contributed by atoms with van der Waals surface area (Å²) in [5.41, 5.74) is 8.24. The predicted molar refractivity (Wildman–Crippen MR) is 69.5 cm³/mol. The molecule has 2 N–H and O–H groups in total. The van der Waals surface area contributed by atoms with Crippen LogP contribution < -0.4 is 5.73 Å². The van der Waals surface area contributed by atoms with Gasteiger partial charge in [-0.1, -0.05) is 0 Å². The molecule has 3 rings (SSSR count). The molecule has 0 bridgehead atoms. The summed E-state index contributed by atoms with van der Waals surface area (Å²) in [5, 5.41) is 2.03. The van der Waals surface area contributed by atoms with E-state index in [1.807, 2.05) is 11.4 Å². The van der Waals surface area contributed by atoms with Crippen molar-refractivity contribution >= 4 is 33.1 Å². The number of hydrogen-bond donors (Lipinski definition) is 1. The number of rotatable bonds is 1. The van der Waals surface area contributed by atoms with Gasteiger partial charge in [0.25, 0.3) is 0 Å². The fraction of sp³-hybridized carbons (Fsp3) is 0.273. The van der Waals surface area contributed by atoms with Crippen LogP contribution in [-0.2, 0) is 12.8 Å². The van der Waals surface area contributed by atoms with Crippen LogP contribution in [-0.4, -0.2) is 9.97 Å². The van der Waals surface area contributed by atoms with E-state index in [0.29, 0.717) is 5.82 Å². The van der Waals surface area contributed by atoms with Crippen molar-refractivity contribution in [1.82, 2.24) is 9.97 Å². The average molecular weight is 296 g/mol. The molecule has 0 radical (unpaired) electrons. The van der Waals surface area contributed by atoms with Crippen molar-refractivity contribution in [2.75, 3.05) is 5.73 Å². The third kappa shape index (κ3) is 1.64. The van der Waals surface area contributed by atoms with Crippen LogP contribution in [0.5, 0.6) is 0 Å². The van der Waals surface area contributed by atoms with Crippen LogP contribution in [0, 0.1) is 0 Å². The number of nitrogen functional groups attached to an aromatic ring is 1. The number of halogens is 1. The molecular formula is C11H10BrN3S. The quantitative estimate of drug-likeness (QED) is 0.880. The van der Waals surface area contributed by atoms with Gasteiger partial charge in [-0.2, -0.15) is 0 Å². The van der Waals surface area contributed by atoms with Crippen molar-refractivity contribution in [3.63, 3.8) is 0 Å². The second kappa shape index (κ2) is 3.82. The summed E-state index contributed by atoms with van der Waals surface area (Å²) >= 11 is 5.06. The summed E-state index contributed by atoms with van der Waals surface area (Å²) in [4.78, 5) is 10.0. The molecule has 0 saturated carbocycles. The second-order valence-electron chi connectivity index (χ2n) is 3.84. The first-order valence-electron chi connectivity index (χ1n) is 5.14. The first kappa shape index (κ1) is 10.2. The summed E-state index contributed by atoms with van der Waals surface area (Å²) in [7, 11) is 0. The van der Waals surface area contributed by atoms with Gasteiger partial charge >= 0.3 is 0 Å². The van der Waals surface area contributed by atoms with Crippen molar-refractivity contribution in [2.24, 2.45) is 0 Å². The Morgan fingerprint density at radius 2 is 2.19 bits per heavy atom. The van der Waals surface area contributed by atoms with E-state index in [-0.39, 0.29) is 0 Å². The van der Waals surface area contributed by atoms with Gasteiger partial charge in [0, 0.05) is 21.1 Å². The van der Waals surface area contributed by atoms with Gasteiger partial charge in [0.1, 0.15) is 5.82 Å². The normalized spacial score (nSPS) is 14.1. The lowest BCUT2D eigenvalue weighted by Crippen LogP contribution is -2.02. The average Bonchev–Trinajstić information content (AvgIpc) is 2.85. The molecule has 0 aromatic carbocycles. The van der Waals surface area contributed by atoms with Crippen LogP contribution in [0.4, 0.5) is 5.82 Å². The Hall–Kier alpha value is -0.940. The summed E-state index contributed by atoms with van der Waals surface area (Å²) in [6.45, 7) is 0. The number of thiophene rings is 1. The van der Waals surface area contributed by atoms with E-state index in [1.54, 1.807) is 11.3 Å². The summed E-state index contributed by atoms with van der Waals surface area (Å²) in [6.07, 6.45) is 3.20. The molecule has 82 valence electrons. The number of nitrogens with zero attached hydrogens (tertiary/aromatic N) is 2. The van der Waals surface area contributed by atoms with Crippen LogP contribution in [0.1, 0.15) is 17.7 Å². The van der Waals surface area contributed by atoms with E-state index >= 15 is 0 Å². The van der Waals surface area contributed by atoms with Crippen molar-refractivity contribution in [1.29, 1.82) is 0 Å². The lowest BCUT2D eigenvalue weighted by atomic mass is 10.2. The van der Waals surface area contributed by atoms with Crippen molar-refractivity contribution < 1.29 is 0 Å². The molecule has 2 aromatic heterocycles. The maximum atomic E-state index is 5.96. The fourth-order valence-electron chi connectivity index (χ4n) is 2.00. The topological polar surface area (TPSA) is 51.8 Å². The Morgan fingerprint density at radius 3 is 2.94 bits per heavy atom. The maximum Gasteiger partial charge on any atom is 0.171 e. The van der Waals surface area contributed by atoms with E-state index in [1.165, 1.54) is 0 Å². The standard InChI is InChI=1S/C11H10BrN3S/c12-6-4-9(16-5-6)11-14-8-3-1-2-7(8)10(13)15-11/h4-5H,1-3H2,(H2,13,14,15). The maximum absolute atomic E-state index is 5.96. The minimum Gasteiger partial charge on any atom is -0.383 e. The first-order valence-corrected chi connectivity index (χ1v) is 6.81. The molecule has 0 spiro atoms. The van der Waals surface area contributed by atoms with E-state index in [4.69, 9.17) is 5.73 Å². The molecule has 0 atom stereocenters. The van der Waals surface area contributed by atoms with Crippen LogP contribution in [0.2, 0.25) is 0 Å². The minimum atomic E-state index is 0.655. The van der Waals surface area contributed by atoms with Gasteiger partial charge in [-0.15, -0.1) is 11.3 Å². The van der Waals surface area contributed by atoms with Crippen molar-refractivity contribution in [2.45, 2.75) is 19.3 Å².